The van der Waals surface area contributed by atoms with E-state index < -0.39 is 0 Å². The molecule has 25 heavy (non-hydrogen) atoms. The second-order valence-electron chi connectivity index (χ2n) is 6.62. The van der Waals surface area contributed by atoms with Crippen molar-refractivity contribution in [2.75, 3.05) is 46.1 Å². The van der Waals surface area contributed by atoms with Crippen molar-refractivity contribution in [1.29, 1.82) is 0 Å². The molecule has 1 fully saturated rings. The van der Waals surface area contributed by atoms with E-state index in [1.165, 1.54) is 24.2 Å². The lowest BCUT2D eigenvalue weighted by Crippen LogP contribution is -2.36. The van der Waals surface area contributed by atoms with Gasteiger partial charge >= 0.3 is 0 Å². The SMILES string of the molecule is CCOCCN1CCC(c2nc3ccccc3n2CCOCC)CC1. The zero-order valence-electron chi connectivity index (χ0n) is 15.6. The Bertz CT molecular complexity index is 647. The van der Waals surface area contributed by atoms with Crippen LogP contribution in [0.5, 0.6) is 0 Å². The minimum atomic E-state index is 0.539. The highest BCUT2D eigenvalue weighted by Gasteiger charge is 2.25. The molecule has 0 atom stereocenters. The number of hydrogen-bond acceptors (Lipinski definition) is 4. The van der Waals surface area contributed by atoms with Gasteiger partial charge in [-0.3, -0.25) is 0 Å². The molecule has 0 unspecified atom stereocenters. The van der Waals surface area contributed by atoms with Gasteiger partial charge in [0.2, 0.25) is 0 Å². The molecule has 0 saturated carbocycles. The fourth-order valence-electron chi connectivity index (χ4n) is 3.69. The van der Waals surface area contributed by atoms with E-state index >= 15 is 0 Å². The minimum absolute atomic E-state index is 0.539. The van der Waals surface area contributed by atoms with Gasteiger partial charge in [-0.25, -0.2) is 4.98 Å². The summed E-state index contributed by atoms with van der Waals surface area (Å²) in [4.78, 5) is 7.49. The fraction of sp³-hybridized carbons (Fsp3) is 0.650. The molecule has 1 aromatic heterocycles. The third-order valence-corrected chi connectivity index (χ3v) is 5.06. The number of ether oxygens (including phenoxy) is 2. The molecule has 1 aliphatic rings. The van der Waals surface area contributed by atoms with E-state index in [2.05, 4.69) is 40.7 Å². The number of rotatable bonds is 9. The number of piperidine rings is 1. The molecular formula is C20H31N3O2. The Morgan fingerprint density at radius 2 is 1.68 bits per heavy atom. The van der Waals surface area contributed by atoms with Crippen LogP contribution in [0.2, 0.25) is 0 Å². The number of benzene rings is 1. The lowest BCUT2D eigenvalue weighted by atomic mass is 9.96. The molecule has 1 saturated heterocycles. The molecule has 2 heterocycles. The molecule has 0 radical (unpaired) electrons. The topological polar surface area (TPSA) is 39.5 Å². The average Bonchev–Trinajstić information content (AvgIpc) is 3.02. The molecule has 5 heteroatoms. The summed E-state index contributed by atoms with van der Waals surface area (Å²) >= 11 is 0. The third-order valence-electron chi connectivity index (χ3n) is 5.06. The van der Waals surface area contributed by atoms with Crippen LogP contribution in [0.4, 0.5) is 0 Å². The van der Waals surface area contributed by atoms with Crippen LogP contribution in [0.3, 0.4) is 0 Å². The molecule has 0 aliphatic carbocycles. The van der Waals surface area contributed by atoms with Gasteiger partial charge in [-0.2, -0.15) is 0 Å². The van der Waals surface area contributed by atoms with Crippen molar-refractivity contribution in [2.45, 2.75) is 39.2 Å². The van der Waals surface area contributed by atoms with Gasteiger partial charge < -0.3 is 18.9 Å². The Kier molecular flexibility index (Phi) is 6.84. The summed E-state index contributed by atoms with van der Waals surface area (Å²) in [6.45, 7) is 11.4. The summed E-state index contributed by atoms with van der Waals surface area (Å²) in [5.74, 6) is 1.78. The third kappa shape index (κ3) is 4.60. The summed E-state index contributed by atoms with van der Waals surface area (Å²) in [7, 11) is 0. The Morgan fingerprint density at radius 3 is 2.40 bits per heavy atom. The van der Waals surface area contributed by atoms with Crippen LogP contribution in [0, 0.1) is 0 Å². The molecule has 2 aromatic rings. The number of fused-ring (bicyclic) bond motifs is 1. The Morgan fingerprint density at radius 1 is 1.00 bits per heavy atom. The lowest BCUT2D eigenvalue weighted by molar-refractivity contribution is 0.101. The van der Waals surface area contributed by atoms with E-state index in [1.54, 1.807) is 0 Å². The van der Waals surface area contributed by atoms with Gasteiger partial charge in [0.05, 0.1) is 24.2 Å². The van der Waals surface area contributed by atoms with E-state index in [9.17, 15) is 0 Å². The van der Waals surface area contributed by atoms with E-state index in [0.29, 0.717) is 5.92 Å². The predicted octanol–water partition coefficient (Wildman–Crippen LogP) is 3.29. The highest BCUT2D eigenvalue weighted by Crippen LogP contribution is 2.30. The Labute approximate surface area is 150 Å². The van der Waals surface area contributed by atoms with Gasteiger partial charge in [-0.15, -0.1) is 0 Å². The van der Waals surface area contributed by atoms with Crippen LogP contribution >= 0.6 is 0 Å². The monoisotopic (exact) mass is 345 g/mol. The van der Waals surface area contributed by atoms with E-state index in [4.69, 9.17) is 14.5 Å². The first-order chi connectivity index (χ1) is 12.3. The molecule has 0 N–H and O–H groups in total. The number of para-hydroxylation sites is 2. The van der Waals surface area contributed by atoms with Crippen molar-refractivity contribution in [3.63, 3.8) is 0 Å². The van der Waals surface area contributed by atoms with Gasteiger partial charge in [-0.1, -0.05) is 12.1 Å². The quantitative estimate of drug-likeness (QED) is 0.654. The molecule has 1 aromatic carbocycles. The molecule has 0 amide bonds. The first-order valence-corrected chi connectivity index (χ1v) is 9.66. The minimum Gasteiger partial charge on any atom is -0.380 e. The number of imidazole rings is 1. The maximum absolute atomic E-state index is 5.60. The van der Waals surface area contributed by atoms with Crippen LogP contribution in [0.25, 0.3) is 11.0 Å². The van der Waals surface area contributed by atoms with E-state index in [1.807, 2.05) is 6.92 Å². The van der Waals surface area contributed by atoms with Crippen LogP contribution in [-0.2, 0) is 16.0 Å². The highest BCUT2D eigenvalue weighted by molar-refractivity contribution is 5.76. The average molecular weight is 345 g/mol. The molecule has 5 nitrogen and oxygen atoms in total. The van der Waals surface area contributed by atoms with Crippen molar-refractivity contribution < 1.29 is 9.47 Å². The van der Waals surface area contributed by atoms with Gasteiger partial charge in [-0.05, 0) is 51.9 Å². The number of aromatic nitrogens is 2. The van der Waals surface area contributed by atoms with Crippen LogP contribution in [0.1, 0.15) is 38.4 Å². The smallest absolute Gasteiger partial charge is 0.113 e. The van der Waals surface area contributed by atoms with Gasteiger partial charge in [0, 0.05) is 32.2 Å². The summed E-state index contributed by atoms with van der Waals surface area (Å²) in [6.07, 6.45) is 2.34. The fourth-order valence-corrected chi connectivity index (χ4v) is 3.69. The molecule has 138 valence electrons. The maximum Gasteiger partial charge on any atom is 0.113 e. The molecular weight excluding hydrogens is 314 g/mol. The van der Waals surface area contributed by atoms with Crippen molar-refractivity contribution in [2.24, 2.45) is 0 Å². The Hall–Kier alpha value is -1.43. The second kappa shape index (κ2) is 9.32. The zero-order valence-corrected chi connectivity index (χ0v) is 15.6. The highest BCUT2D eigenvalue weighted by atomic mass is 16.5. The largest absolute Gasteiger partial charge is 0.380 e. The van der Waals surface area contributed by atoms with Gasteiger partial charge in [0.1, 0.15) is 5.82 Å². The van der Waals surface area contributed by atoms with Crippen molar-refractivity contribution in [3.8, 4) is 0 Å². The maximum atomic E-state index is 5.60. The number of likely N-dealkylation sites (tertiary alicyclic amines) is 1. The number of nitrogens with zero attached hydrogens (tertiary/aromatic N) is 3. The van der Waals surface area contributed by atoms with Crippen molar-refractivity contribution >= 4 is 11.0 Å². The zero-order chi connectivity index (χ0) is 17.5. The lowest BCUT2D eigenvalue weighted by Gasteiger charge is -2.31. The number of hydrogen-bond donors (Lipinski definition) is 0. The van der Waals surface area contributed by atoms with Crippen LogP contribution in [0.15, 0.2) is 24.3 Å². The molecule has 1 aliphatic heterocycles. The normalized spacial score (nSPS) is 16.7. The summed E-state index contributed by atoms with van der Waals surface area (Å²) in [5, 5.41) is 0. The molecule has 0 spiro atoms. The van der Waals surface area contributed by atoms with E-state index in [-0.39, 0.29) is 0 Å². The second-order valence-corrected chi connectivity index (χ2v) is 6.62. The standard InChI is InChI=1S/C20H31N3O2/c1-3-24-15-13-22-11-9-17(10-12-22)20-21-18-7-5-6-8-19(18)23(20)14-16-25-4-2/h5-8,17H,3-4,9-16H2,1-2H3. The first-order valence-electron chi connectivity index (χ1n) is 9.66. The van der Waals surface area contributed by atoms with Crippen LogP contribution < -0.4 is 0 Å². The summed E-state index contributed by atoms with van der Waals surface area (Å²) in [5.41, 5.74) is 2.34. The summed E-state index contributed by atoms with van der Waals surface area (Å²) < 4.78 is 13.5. The van der Waals surface area contributed by atoms with Gasteiger partial charge in [0.25, 0.3) is 0 Å². The van der Waals surface area contributed by atoms with Gasteiger partial charge in [0.15, 0.2) is 0 Å². The Balaban J connectivity index is 1.69. The first kappa shape index (κ1) is 18.4. The van der Waals surface area contributed by atoms with E-state index in [0.717, 1.165) is 58.1 Å². The van der Waals surface area contributed by atoms with Crippen molar-refractivity contribution in [1.82, 2.24) is 14.5 Å². The predicted molar refractivity (Wildman–Crippen MR) is 101 cm³/mol. The van der Waals surface area contributed by atoms with Crippen molar-refractivity contribution in [3.05, 3.63) is 30.1 Å². The molecule has 3 rings (SSSR count). The summed E-state index contributed by atoms with van der Waals surface area (Å²) in [6, 6.07) is 8.46. The molecule has 0 bridgehead atoms. The van der Waals surface area contributed by atoms with Crippen LogP contribution in [-0.4, -0.2) is 60.5 Å².